The lowest BCUT2D eigenvalue weighted by atomic mass is 10.2. The van der Waals surface area contributed by atoms with Crippen molar-refractivity contribution in [2.75, 3.05) is 18.5 Å². The van der Waals surface area contributed by atoms with E-state index in [9.17, 15) is 9.59 Å². The van der Waals surface area contributed by atoms with Gasteiger partial charge < -0.3 is 14.8 Å². The molecule has 0 heterocycles. The van der Waals surface area contributed by atoms with Crippen molar-refractivity contribution in [1.29, 1.82) is 0 Å². The number of nitrogens with zero attached hydrogens (tertiary/aromatic N) is 1. The van der Waals surface area contributed by atoms with Gasteiger partial charge >= 0.3 is 11.8 Å². The number of halogens is 1. The summed E-state index contributed by atoms with van der Waals surface area (Å²) in [5.41, 5.74) is 4.13. The molecule has 0 atom stereocenters. The Labute approximate surface area is 175 Å². The summed E-state index contributed by atoms with van der Waals surface area (Å²) < 4.78 is 11.2. The van der Waals surface area contributed by atoms with Crippen molar-refractivity contribution >= 4 is 35.3 Å². The number of hydrogen-bond acceptors (Lipinski definition) is 5. The molecule has 2 rings (SSSR count). The van der Waals surface area contributed by atoms with Crippen molar-refractivity contribution in [2.24, 2.45) is 5.10 Å². The average Bonchev–Trinajstić information content (AvgIpc) is 2.70. The predicted molar refractivity (Wildman–Crippen MR) is 114 cm³/mol. The summed E-state index contributed by atoms with van der Waals surface area (Å²) in [7, 11) is 0. The smallest absolute Gasteiger partial charge is 0.329 e. The average molecular weight is 418 g/mol. The lowest BCUT2D eigenvalue weighted by molar-refractivity contribution is -0.136. The Kier molecular flexibility index (Phi) is 8.48. The van der Waals surface area contributed by atoms with Gasteiger partial charge in [-0.25, -0.2) is 5.43 Å². The first-order chi connectivity index (χ1) is 13.9. The summed E-state index contributed by atoms with van der Waals surface area (Å²) in [6.07, 6.45) is 2.31. The van der Waals surface area contributed by atoms with Gasteiger partial charge in [-0.2, -0.15) is 5.10 Å². The Balaban J connectivity index is 1.99. The molecule has 0 aliphatic carbocycles. The van der Waals surface area contributed by atoms with Crippen LogP contribution in [0.3, 0.4) is 0 Å². The van der Waals surface area contributed by atoms with Gasteiger partial charge in [0, 0.05) is 10.7 Å². The maximum absolute atomic E-state index is 12.0. The zero-order valence-corrected chi connectivity index (χ0v) is 17.4. The Morgan fingerprint density at radius 2 is 1.86 bits per heavy atom. The van der Waals surface area contributed by atoms with Crippen molar-refractivity contribution in [3.05, 3.63) is 52.5 Å². The third-order valence-electron chi connectivity index (χ3n) is 3.76. The van der Waals surface area contributed by atoms with Gasteiger partial charge in [0.25, 0.3) is 0 Å². The molecule has 2 aromatic carbocycles. The van der Waals surface area contributed by atoms with Crippen LogP contribution in [0.25, 0.3) is 0 Å². The molecule has 0 saturated carbocycles. The highest BCUT2D eigenvalue weighted by molar-refractivity contribution is 6.40. The second-order valence-corrected chi connectivity index (χ2v) is 6.54. The number of carbonyl (C=O) groups excluding carboxylic acids is 2. The number of aryl methyl sites for hydroxylation is 1. The Morgan fingerprint density at radius 1 is 1.07 bits per heavy atom. The molecule has 29 heavy (non-hydrogen) atoms. The summed E-state index contributed by atoms with van der Waals surface area (Å²) in [5, 5.41) is 6.80. The molecule has 0 saturated heterocycles. The van der Waals surface area contributed by atoms with Gasteiger partial charge in [-0.15, -0.1) is 0 Å². The zero-order chi connectivity index (χ0) is 21.2. The molecular formula is C21H24ClN3O4. The number of amides is 2. The van der Waals surface area contributed by atoms with Gasteiger partial charge in [0.05, 0.1) is 19.4 Å². The van der Waals surface area contributed by atoms with Crippen LogP contribution in [0, 0.1) is 6.92 Å². The molecule has 8 heteroatoms. The first kappa shape index (κ1) is 22.2. The zero-order valence-electron chi connectivity index (χ0n) is 16.6. The van der Waals surface area contributed by atoms with E-state index in [1.165, 1.54) is 6.21 Å². The Morgan fingerprint density at radius 3 is 2.59 bits per heavy atom. The Hall–Kier alpha value is -3.06. The highest BCUT2D eigenvalue weighted by atomic mass is 35.5. The van der Waals surface area contributed by atoms with E-state index in [2.05, 4.69) is 15.8 Å². The summed E-state index contributed by atoms with van der Waals surface area (Å²) >= 11 is 5.91. The van der Waals surface area contributed by atoms with Crippen LogP contribution in [0.15, 0.2) is 41.5 Å². The van der Waals surface area contributed by atoms with Gasteiger partial charge in [-0.1, -0.05) is 24.6 Å². The summed E-state index contributed by atoms with van der Waals surface area (Å²) in [6, 6.07) is 10.3. The van der Waals surface area contributed by atoms with Crippen LogP contribution in [0.4, 0.5) is 5.69 Å². The minimum absolute atomic E-state index is 0.459. The highest BCUT2D eigenvalue weighted by Gasteiger charge is 2.14. The van der Waals surface area contributed by atoms with Crippen LogP contribution in [0.1, 0.15) is 31.4 Å². The SMILES string of the molecule is CCCOc1ccc(/C=N/NC(=O)C(=O)Nc2cc(Cl)ccc2C)cc1OCC. The molecule has 0 bridgehead atoms. The van der Waals surface area contributed by atoms with Gasteiger partial charge in [-0.05, 0) is 61.7 Å². The van der Waals surface area contributed by atoms with E-state index in [1.807, 2.05) is 13.8 Å². The number of ether oxygens (including phenoxy) is 2. The molecule has 2 amide bonds. The molecule has 0 aliphatic heterocycles. The maximum Gasteiger partial charge on any atom is 0.329 e. The topological polar surface area (TPSA) is 89.0 Å². The van der Waals surface area contributed by atoms with Crippen molar-refractivity contribution in [1.82, 2.24) is 5.43 Å². The molecule has 0 radical (unpaired) electrons. The molecule has 0 spiro atoms. The fourth-order valence-corrected chi connectivity index (χ4v) is 2.50. The van der Waals surface area contributed by atoms with Crippen molar-refractivity contribution < 1.29 is 19.1 Å². The normalized spacial score (nSPS) is 10.6. The molecular weight excluding hydrogens is 394 g/mol. The molecule has 0 unspecified atom stereocenters. The van der Waals surface area contributed by atoms with E-state index in [4.69, 9.17) is 21.1 Å². The van der Waals surface area contributed by atoms with Crippen LogP contribution >= 0.6 is 11.6 Å². The fraction of sp³-hybridized carbons (Fsp3) is 0.286. The number of benzene rings is 2. The monoisotopic (exact) mass is 417 g/mol. The third kappa shape index (κ3) is 6.80. The van der Waals surface area contributed by atoms with Crippen LogP contribution in [0.2, 0.25) is 5.02 Å². The second-order valence-electron chi connectivity index (χ2n) is 6.10. The van der Waals surface area contributed by atoms with E-state index >= 15 is 0 Å². The molecule has 0 aromatic heterocycles. The Bertz CT molecular complexity index is 899. The molecule has 2 N–H and O–H groups in total. The molecule has 0 aliphatic rings. The first-order valence-corrected chi connectivity index (χ1v) is 9.62. The lowest BCUT2D eigenvalue weighted by Gasteiger charge is -2.11. The van der Waals surface area contributed by atoms with Gasteiger partial charge in [0.2, 0.25) is 0 Å². The van der Waals surface area contributed by atoms with Gasteiger partial charge in [-0.3, -0.25) is 9.59 Å². The maximum atomic E-state index is 12.0. The quantitative estimate of drug-likeness (QED) is 0.387. The van der Waals surface area contributed by atoms with Gasteiger partial charge in [0.1, 0.15) is 0 Å². The number of nitrogens with one attached hydrogen (secondary N) is 2. The minimum atomic E-state index is -0.895. The summed E-state index contributed by atoms with van der Waals surface area (Å²) in [6.45, 7) is 6.78. The fourth-order valence-electron chi connectivity index (χ4n) is 2.33. The predicted octanol–water partition coefficient (Wildman–Crippen LogP) is 3.92. The number of carbonyl (C=O) groups is 2. The molecule has 7 nitrogen and oxygen atoms in total. The number of anilines is 1. The van der Waals surface area contributed by atoms with Crippen molar-refractivity contribution in [2.45, 2.75) is 27.2 Å². The van der Waals surface area contributed by atoms with Crippen molar-refractivity contribution in [3.8, 4) is 11.5 Å². The van der Waals surface area contributed by atoms with E-state index < -0.39 is 11.8 Å². The highest BCUT2D eigenvalue weighted by Crippen LogP contribution is 2.28. The molecule has 0 fully saturated rings. The van der Waals surface area contributed by atoms with E-state index in [1.54, 1.807) is 43.3 Å². The molecule has 154 valence electrons. The van der Waals surface area contributed by atoms with E-state index in [-0.39, 0.29) is 0 Å². The van der Waals surface area contributed by atoms with Crippen LogP contribution in [-0.4, -0.2) is 31.2 Å². The summed E-state index contributed by atoms with van der Waals surface area (Å²) in [4.78, 5) is 24.0. The van der Waals surface area contributed by atoms with Crippen LogP contribution in [0.5, 0.6) is 11.5 Å². The van der Waals surface area contributed by atoms with E-state index in [0.29, 0.717) is 41.0 Å². The lowest BCUT2D eigenvalue weighted by Crippen LogP contribution is -2.32. The summed E-state index contributed by atoms with van der Waals surface area (Å²) in [5.74, 6) is -0.504. The number of hydrogen-bond donors (Lipinski definition) is 2. The van der Waals surface area contributed by atoms with E-state index in [0.717, 1.165) is 12.0 Å². The standard InChI is InChI=1S/C21H24ClN3O4/c1-4-10-29-18-9-7-15(11-19(18)28-5-2)13-23-25-21(27)20(26)24-17-12-16(22)8-6-14(17)3/h6-9,11-13H,4-5,10H2,1-3H3,(H,24,26)(H,25,27)/b23-13+. The largest absolute Gasteiger partial charge is 0.490 e. The van der Waals surface area contributed by atoms with Crippen molar-refractivity contribution in [3.63, 3.8) is 0 Å². The molecule has 2 aromatic rings. The minimum Gasteiger partial charge on any atom is -0.490 e. The second kappa shape index (κ2) is 11.1. The number of hydrazone groups is 1. The van der Waals surface area contributed by atoms with Crippen LogP contribution < -0.4 is 20.2 Å². The number of rotatable bonds is 8. The van der Waals surface area contributed by atoms with Gasteiger partial charge in [0.15, 0.2) is 11.5 Å². The first-order valence-electron chi connectivity index (χ1n) is 9.24. The third-order valence-corrected chi connectivity index (χ3v) is 4.00. The van der Waals surface area contributed by atoms with Crippen LogP contribution in [-0.2, 0) is 9.59 Å².